The molecule has 0 radical (unpaired) electrons. The molecule has 3 N–H and O–H groups in total. The predicted molar refractivity (Wildman–Crippen MR) is 85.4 cm³/mol. The van der Waals surface area contributed by atoms with Crippen LogP contribution < -0.4 is 20.5 Å². The number of hydrogen-bond acceptors (Lipinski definition) is 5. The van der Waals surface area contributed by atoms with Gasteiger partial charge in [0.05, 0.1) is 14.2 Å². The Labute approximate surface area is 135 Å². The van der Waals surface area contributed by atoms with E-state index < -0.39 is 6.03 Å². The molecule has 1 atom stereocenters. The lowest BCUT2D eigenvalue weighted by atomic mass is 10.0. The molecule has 126 valence electrons. The minimum atomic E-state index is -0.815. The number of nitrogens with one attached hydrogen (secondary N) is 1. The molecule has 2 rings (SSSR count). The zero-order chi connectivity index (χ0) is 16.8. The van der Waals surface area contributed by atoms with Crippen LogP contribution in [0.15, 0.2) is 18.2 Å². The average Bonchev–Trinajstić information content (AvgIpc) is 2.99. The number of nitrogens with two attached hydrogens (primary N) is 1. The third-order valence-electron chi connectivity index (χ3n) is 4.05. The van der Waals surface area contributed by atoms with E-state index in [1.165, 1.54) is 0 Å². The standard InChI is InChI=1S/C16H23N3O4/c1-22-11-5-6-12(14(10-11)23-2)13-4-3-8-19(13)9-7-15(20)18-16(17)21/h5-6,10,13H,3-4,7-9H2,1-2H3,(H3,17,18,20,21)/t13-/m0/s1. The molecule has 0 unspecified atom stereocenters. The fourth-order valence-electron chi connectivity index (χ4n) is 2.98. The smallest absolute Gasteiger partial charge is 0.318 e. The van der Waals surface area contributed by atoms with Gasteiger partial charge in [-0.1, -0.05) is 6.07 Å². The van der Waals surface area contributed by atoms with Crippen LogP contribution >= 0.6 is 0 Å². The van der Waals surface area contributed by atoms with Crippen LogP contribution in [0, 0.1) is 0 Å². The molecule has 1 aromatic rings. The quantitative estimate of drug-likeness (QED) is 0.826. The highest BCUT2D eigenvalue weighted by Gasteiger charge is 2.28. The summed E-state index contributed by atoms with van der Waals surface area (Å²) in [6, 6.07) is 5.16. The minimum Gasteiger partial charge on any atom is -0.497 e. The number of carbonyl (C=O) groups excluding carboxylic acids is 2. The van der Waals surface area contributed by atoms with E-state index in [9.17, 15) is 9.59 Å². The Hall–Kier alpha value is -2.28. The monoisotopic (exact) mass is 321 g/mol. The van der Waals surface area contributed by atoms with Gasteiger partial charge >= 0.3 is 6.03 Å². The summed E-state index contributed by atoms with van der Waals surface area (Å²) in [5.41, 5.74) is 6.03. The number of nitrogens with zero attached hydrogens (tertiary/aromatic N) is 1. The molecule has 1 aliphatic rings. The first-order valence-electron chi connectivity index (χ1n) is 7.60. The van der Waals surface area contributed by atoms with Gasteiger partial charge in [-0.3, -0.25) is 15.0 Å². The fourth-order valence-corrected chi connectivity index (χ4v) is 2.98. The third kappa shape index (κ3) is 4.35. The zero-order valence-electron chi connectivity index (χ0n) is 13.5. The van der Waals surface area contributed by atoms with Crippen molar-refractivity contribution in [2.75, 3.05) is 27.3 Å². The molecule has 1 aromatic carbocycles. The van der Waals surface area contributed by atoms with E-state index in [2.05, 4.69) is 10.2 Å². The van der Waals surface area contributed by atoms with Crippen molar-refractivity contribution in [1.29, 1.82) is 0 Å². The second kappa shape index (κ2) is 7.82. The summed E-state index contributed by atoms with van der Waals surface area (Å²) in [5, 5.41) is 2.09. The van der Waals surface area contributed by atoms with E-state index in [-0.39, 0.29) is 18.4 Å². The molecule has 1 heterocycles. The molecule has 1 fully saturated rings. The van der Waals surface area contributed by atoms with Crippen LogP contribution in [0.3, 0.4) is 0 Å². The summed E-state index contributed by atoms with van der Waals surface area (Å²) in [6.07, 6.45) is 2.29. The normalized spacial score (nSPS) is 17.7. The van der Waals surface area contributed by atoms with E-state index in [1.807, 2.05) is 18.2 Å². The molecule has 0 spiro atoms. The maximum absolute atomic E-state index is 11.6. The van der Waals surface area contributed by atoms with E-state index in [4.69, 9.17) is 15.2 Å². The van der Waals surface area contributed by atoms with E-state index in [0.29, 0.717) is 6.54 Å². The number of hydrogen-bond donors (Lipinski definition) is 2. The first kappa shape index (κ1) is 17.1. The lowest BCUT2D eigenvalue weighted by Crippen LogP contribution is -2.37. The van der Waals surface area contributed by atoms with Gasteiger partial charge in [0.1, 0.15) is 11.5 Å². The first-order valence-corrected chi connectivity index (χ1v) is 7.60. The molecule has 0 bridgehead atoms. The van der Waals surface area contributed by atoms with E-state index >= 15 is 0 Å². The summed E-state index contributed by atoms with van der Waals surface area (Å²) < 4.78 is 10.7. The summed E-state index contributed by atoms with van der Waals surface area (Å²) in [4.78, 5) is 24.5. The van der Waals surface area contributed by atoms with Crippen LogP contribution in [-0.2, 0) is 4.79 Å². The number of imide groups is 1. The maximum atomic E-state index is 11.6. The first-order chi connectivity index (χ1) is 11.0. The summed E-state index contributed by atoms with van der Waals surface area (Å²) in [6.45, 7) is 1.47. The van der Waals surface area contributed by atoms with Gasteiger partial charge in [-0.2, -0.15) is 0 Å². The highest BCUT2D eigenvalue weighted by Crippen LogP contribution is 2.38. The lowest BCUT2D eigenvalue weighted by molar-refractivity contribution is -0.120. The number of benzene rings is 1. The van der Waals surface area contributed by atoms with Crippen LogP contribution in [0.1, 0.15) is 30.9 Å². The van der Waals surface area contributed by atoms with Gasteiger partial charge in [0.2, 0.25) is 5.91 Å². The van der Waals surface area contributed by atoms with Crippen molar-refractivity contribution in [2.45, 2.75) is 25.3 Å². The minimum absolute atomic E-state index is 0.192. The molecule has 0 aliphatic carbocycles. The lowest BCUT2D eigenvalue weighted by Gasteiger charge is -2.26. The molecule has 0 aromatic heterocycles. The van der Waals surface area contributed by atoms with Crippen molar-refractivity contribution in [3.8, 4) is 11.5 Å². The molecule has 3 amide bonds. The van der Waals surface area contributed by atoms with Gasteiger partial charge in [0.15, 0.2) is 0 Å². The summed E-state index contributed by atoms with van der Waals surface area (Å²) >= 11 is 0. The van der Waals surface area contributed by atoms with Gasteiger partial charge in [-0.25, -0.2) is 4.79 Å². The Bertz CT molecular complexity index is 576. The molecular weight excluding hydrogens is 298 g/mol. The molecular formula is C16H23N3O4. The zero-order valence-corrected chi connectivity index (χ0v) is 13.5. The number of amides is 3. The summed E-state index contributed by atoms with van der Waals surface area (Å²) in [7, 11) is 3.26. The summed E-state index contributed by atoms with van der Waals surface area (Å²) in [5.74, 6) is 1.17. The Balaban J connectivity index is 2.06. The molecule has 0 saturated carbocycles. The molecule has 1 saturated heterocycles. The highest BCUT2D eigenvalue weighted by atomic mass is 16.5. The number of carbonyl (C=O) groups is 2. The van der Waals surface area contributed by atoms with Crippen LogP contribution in [-0.4, -0.2) is 44.1 Å². The highest BCUT2D eigenvalue weighted by molar-refractivity contribution is 5.93. The van der Waals surface area contributed by atoms with Crippen molar-refractivity contribution < 1.29 is 19.1 Å². The number of urea groups is 1. The van der Waals surface area contributed by atoms with Crippen molar-refractivity contribution >= 4 is 11.9 Å². The second-order valence-electron chi connectivity index (χ2n) is 5.46. The van der Waals surface area contributed by atoms with E-state index in [1.54, 1.807) is 14.2 Å². The predicted octanol–water partition coefficient (Wildman–Crippen LogP) is 1.43. The Morgan fingerprint density at radius 1 is 1.35 bits per heavy atom. The van der Waals surface area contributed by atoms with E-state index in [0.717, 1.165) is 36.4 Å². The third-order valence-corrected chi connectivity index (χ3v) is 4.05. The van der Waals surface area contributed by atoms with Crippen LogP contribution in [0.5, 0.6) is 11.5 Å². The SMILES string of the molecule is COc1ccc([C@@H]2CCCN2CCC(=O)NC(N)=O)c(OC)c1. The number of ether oxygens (including phenoxy) is 2. The number of rotatable bonds is 6. The van der Waals surface area contributed by atoms with Gasteiger partial charge in [-0.05, 0) is 25.5 Å². The second-order valence-corrected chi connectivity index (χ2v) is 5.46. The van der Waals surface area contributed by atoms with Crippen molar-refractivity contribution in [3.05, 3.63) is 23.8 Å². The van der Waals surface area contributed by atoms with Gasteiger partial charge in [0, 0.05) is 30.6 Å². The van der Waals surface area contributed by atoms with Crippen LogP contribution in [0.25, 0.3) is 0 Å². The van der Waals surface area contributed by atoms with Crippen molar-refractivity contribution in [2.24, 2.45) is 5.73 Å². The largest absolute Gasteiger partial charge is 0.497 e. The Morgan fingerprint density at radius 3 is 2.78 bits per heavy atom. The Kier molecular flexibility index (Phi) is 5.81. The average molecular weight is 321 g/mol. The molecule has 23 heavy (non-hydrogen) atoms. The number of methoxy groups -OCH3 is 2. The number of likely N-dealkylation sites (tertiary alicyclic amines) is 1. The van der Waals surface area contributed by atoms with Crippen LogP contribution in [0.2, 0.25) is 0 Å². The van der Waals surface area contributed by atoms with Crippen molar-refractivity contribution in [3.63, 3.8) is 0 Å². The maximum Gasteiger partial charge on any atom is 0.318 e. The topological polar surface area (TPSA) is 93.9 Å². The molecule has 7 heteroatoms. The van der Waals surface area contributed by atoms with Crippen LogP contribution in [0.4, 0.5) is 4.79 Å². The van der Waals surface area contributed by atoms with Gasteiger partial charge in [0.25, 0.3) is 0 Å². The Morgan fingerprint density at radius 2 is 2.13 bits per heavy atom. The van der Waals surface area contributed by atoms with Gasteiger partial charge < -0.3 is 15.2 Å². The molecule has 7 nitrogen and oxygen atoms in total. The fraction of sp³-hybridized carbons (Fsp3) is 0.500. The van der Waals surface area contributed by atoms with Crippen molar-refractivity contribution in [1.82, 2.24) is 10.2 Å². The van der Waals surface area contributed by atoms with Gasteiger partial charge in [-0.15, -0.1) is 0 Å². The number of primary amides is 1. The molecule has 1 aliphatic heterocycles.